The number of pyridine rings is 1. The number of carbonyl (C=O) groups is 4. The first-order chi connectivity index (χ1) is 57.5. The van der Waals surface area contributed by atoms with Crippen molar-refractivity contribution in [3.63, 3.8) is 0 Å². The van der Waals surface area contributed by atoms with E-state index in [-0.39, 0.29) is 23.6 Å². The minimum absolute atomic E-state index is 0.00290. The molecule has 2 fully saturated rings. The van der Waals surface area contributed by atoms with Crippen molar-refractivity contribution in [2.45, 2.75) is 92.0 Å². The molecule has 1 saturated heterocycles. The third kappa shape index (κ3) is 17.3. The fourth-order valence-corrected chi connectivity index (χ4v) is 13.8. The maximum absolute atomic E-state index is 12.3. The first-order valence-electron chi connectivity index (χ1n) is 39.1. The Hall–Kier alpha value is -14.1. The van der Waals surface area contributed by atoms with Crippen molar-refractivity contribution in [1.82, 2.24) is 67.9 Å². The van der Waals surface area contributed by atoms with Gasteiger partial charge in [0.25, 0.3) is 0 Å². The molecule has 0 spiro atoms. The van der Waals surface area contributed by atoms with Gasteiger partial charge in [-0.25, -0.2) is 24.9 Å². The Morgan fingerprint density at radius 2 is 0.847 bits per heavy atom. The Morgan fingerprint density at radius 1 is 0.449 bits per heavy atom. The van der Waals surface area contributed by atoms with Gasteiger partial charge in [0.15, 0.2) is 57.1 Å². The second kappa shape index (κ2) is 35.3. The average Bonchev–Trinajstić information content (AvgIpc) is 1.60. The minimum Gasteiger partial charge on any atom is -0.497 e. The van der Waals surface area contributed by atoms with Crippen LogP contribution in [-0.4, -0.2) is 180 Å². The molecule has 18 rings (SSSR count). The summed E-state index contributed by atoms with van der Waals surface area (Å²) in [7, 11) is 8.84. The van der Waals surface area contributed by atoms with Crippen molar-refractivity contribution in [2.24, 2.45) is 5.92 Å². The van der Waals surface area contributed by atoms with Gasteiger partial charge in [0.05, 0.1) is 54.7 Å². The van der Waals surface area contributed by atoms with Crippen LogP contribution in [0.25, 0.3) is 44.9 Å². The van der Waals surface area contributed by atoms with Crippen LogP contribution >= 0.6 is 0 Å². The normalized spacial score (nSPS) is 13.8. The molecule has 118 heavy (non-hydrogen) atoms. The van der Waals surface area contributed by atoms with Gasteiger partial charge in [-0.05, 0) is 93.0 Å². The monoisotopic (exact) mass is 1610 g/mol. The SMILES string of the molecule is CCC(=O)Nc1cnn2c(NC)cc(-c3cn(C4CCOCC4)c4ncccc34)nc12.CCC(=O)Nc1cnn2c(NC)cc(Nc3cc(C)cc4c3OCCO4)nc12.CCC(=O)Nc1cnn2c(NC)cc(Nc3cc(OC)cc4c3OCCO4)nc12.CNc1cc(Nc2cc(C)cc3c2OCCO3)nc2c(NC(=O)CC3CC3)cnn12. The summed E-state index contributed by atoms with van der Waals surface area (Å²) in [4.78, 5) is 71.4. The zero-order chi connectivity index (χ0) is 82.1. The molecule has 13 aromatic rings. The van der Waals surface area contributed by atoms with E-state index < -0.39 is 0 Å². The number of rotatable bonds is 22. The summed E-state index contributed by atoms with van der Waals surface area (Å²) < 4.78 is 54.3. The average molecular weight is 1610 g/mol. The summed E-state index contributed by atoms with van der Waals surface area (Å²) in [6, 6.07) is 23.3. The van der Waals surface area contributed by atoms with Crippen LogP contribution in [0.15, 0.2) is 110 Å². The largest absolute Gasteiger partial charge is 0.497 e. The van der Waals surface area contributed by atoms with Crippen LogP contribution < -0.4 is 91.6 Å². The Labute approximate surface area is 677 Å². The number of hydrogen-bond acceptors (Lipinski definition) is 28. The van der Waals surface area contributed by atoms with Crippen molar-refractivity contribution < 1.29 is 57.1 Å². The lowest BCUT2D eigenvalue weighted by Crippen LogP contribution is -2.19. The molecular weight excluding hydrogens is 1520 g/mol. The van der Waals surface area contributed by atoms with Crippen molar-refractivity contribution >= 4 is 138 Å². The zero-order valence-electron chi connectivity index (χ0n) is 67.0. The predicted octanol–water partition coefficient (Wildman–Crippen LogP) is 12.4. The molecule has 11 N–H and O–H groups in total. The molecule has 37 nitrogen and oxygen atoms in total. The number of amides is 4. The third-order valence-corrected chi connectivity index (χ3v) is 19.8. The number of aromatic nitrogens is 14. The Kier molecular flexibility index (Phi) is 23.7. The highest BCUT2D eigenvalue weighted by atomic mass is 16.6. The fraction of sp³-hybridized carbons (Fsp3) is 0.346. The molecule has 0 radical (unpaired) electrons. The van der Waals surface area contributed by atoms with Crippen LogP contribution in [0.3, 0.4) is 0 Å². The first-order valence-corrected chi connectivity index (χ1v) is 39.1. The van der Waals surface area contributed by atoms with Crippen molar-refractivity contribution in [1.29, 1.82) is 0 Å². The van der Waals surface area contributed by atoms with Crippen LogP contribution in [0, 0.1) is 19.8 Å². The van der Waals surface area contributed by atoms with Gasteiger partial charge in [0.1, 0.15) is 115 Å². The number of benzene rings is 3. The summed E-state index contributed by atoms with van der Waals surface area (Å²) in [5.41, 5.74) is 11.5. The summed E-state index contributed by atoms with van der Waals surface area (Å²) >= 11 is 0. The molecule has 5 aliphatic rings. The van der Waals surface area contributed by atoms with Gasteiger partial charge in [-0.2, -0.15) is 38.5 Å². The molecule has 37 heteroatoms. The lowest BCUT2D eigenvalue weighted by atomic mass is 10.1. The van der Waals surface area contributed by atoms with E-state index in [9.17, 15) is 19.2 Å². The summed E-state index contributed by atoms with van der Waals surface area (Å²) in [5.74, 6) is 9.50. The zero-order valence-corrected chi connectivity index (χ0v) is 67.0. The van der Waals surface area contributed by atoms with Crippen molar-refractivity contribution in [2.75, 3.05) is 147 Å². The maximum atomic E-state index is 12.3. The molecule has 14 heterocycles. The van der Waals surface area contributed by atoms with E-state index >= 15 is 0 Å². The van der Waals surface area contributed by atoms with Gasteiger partial charge in [-0.1, -0.05) is 20.8 Å². The molecule has 0 bridgehead atoms. The number of methoxy groups -OCH3 is 1. The molecule has 4 amide bonds. The molecule has 4 aliphatic heterocycles. The van der Waals surface area contributed by atoms with E-state index in [2.05, 4.69) is 111 Å². The van der Waals surface area contributed by atoms with Crippen molar-refractivity contribution in [3.05, 3.63) is 121 Å². The highest BCUT2D eigenvalue weighted by Crippen LogP contribution is 2.45. The lowest BCUT2D eigenvalue weighted by molar-refractivity contribution is -0.117. The Balaban J connectivity index is 0.000000123. The van der Waals surface area contributed by atoms with E-state index in [0.29, 0.717) is 186 Å². The van der Waals surface area contributed by atoms with Crippen LogP contribution in [0.5, 0.6) is 40.2 Å². The van der Waals surface area contributed by atoms with E-state index in [4.69, 9.17) is 47.9 Å². The first kappa shape index (κ1) is 79.1. The van der Waals surface area contributed by atoms with Crippen LogP contribution in [0.2, 0.25) is 0 Å². The number of nitrogens with one attached hydrogen (secondary N) is 11. The molecule has 1 saturated carbocycles. The fourth-order valence-electron chi connectivity index (χ4n) is 13.8. The number of carbonyl (C=O) groups excluding carboxylic acids is 4. The number of anilines is 14. The van der Waals surface area contributed by atoms with E-state index in [1.165, 1.54) is 0 Å². The van der Waals surface area contributed by atoms with Crippen LogP contribution in [0.1, 0.15) is 89.3 Å². The summed E-state index contributed by atoms with van der Waals surface area (Å²) in [5, 5.41) is 52.4. The van der Waals surface area contributed by atoms with Gasteiger partial charge in [0, 0.05) is 133 Å². The standard InChI is InChI=1S/C22H25N7O2.C21H24N6O3.C19H22N6O4.C19H22N6O3/c1-3-20(30)26-18-12-25-29-19(23-2)11-17(27-22(18)29)16-13-28(14-6-9-31-10-7-14)21-15(16)5-4-8-24-21;1-12-7-14(20-16(8-12)29-5-6-30-20)24-17-10-18(22-2)27-21(26-17)15(11-23-27)25-19(28)9-13-3-4-13;1-4-17(26)23-13-10-21-25-16(20-2)9-15(24-19(13)25)22-12-7-11(27-3)8-14-18(12)29-6-5-28-14;1-4-17(26)23-13-10-21-25-16(20-3)9-15(24-19(13)25)22-12-7-11(2)8-14-18(12)28-6-5-27-14/h4-5,8,11-14,23H,3,6-7,9-10H2,1-2H3,(H,26,30);7-8,10-11,13,22H,3-6,9H2,1-2H3,(H,24,26)(H,25,28);7-10,20H,4-6H2,1-3H3,(H,22,24)(H,23,26);7-10,20H,4-6H2,1-3H3,(H,22,24)(H,23,26). The lowest BCUT2D eigenvalue weighted by Gasteiger charge is -2.24. The molecule has 0 unspecified atom stereocenters. The number of nitrogens with zero attached hydrogens (tertiary/aromatic N) is 14. The molecule has 3 aromatic carbocycles. The molecule has 614 valence electrons. The maximum Gasteiger partial charge on any atom is 0.224 e. The molecule has 0 atom stereocenters. The molecule has 10 aromatic heterocycles. The quantitative estimate of drug-likeness (QED) is 0.0300. The van der Waals surface area contributed by atoms with E-state index in [1.54, 1.807) is 90.0 Å². The van der Waals surface area contributed by atoms with Crippen LogP contribution in [0.4, 0.5) is 80.5 Å². The smallest absolute Gasteiger partial charge is 0.224 e. The van der Waals surface area contributed by atoms with Gasteiger partial charge in [0.2, 0.25) is 23.6 Å². The summed E-state index contributed by atoms with van der Waals surface area (Å²) in [6.07, 6.45) is 16.3. The van der Waals surface area contributed by atoms with Gasteiger partial charge in [-0.15, -0.1) is 0 Å². The number of hydrogen-bond donors (Lipinski definition) is 11. The molecular formula is C81H93N25O12. The van der Waals surface area contributed by atoms with E-state index in [1.807, 2.05) is 95.7 Å². The predicted molar refractivity (Wildman–Crippen MR) is 449 cm³/mol. The number of ether oxygens (including phenoxy) is 8. The van der Waals surface area contributed by atoms with Gasteiger partial charge < -0.3 is 101 Å². The third-order valence-electron chi connectivity index (χ3n) is 19.8. The van der Waals surface area contributed by atoms with Crippen LogP contribution in [-0.2, 0) is 23.9 Å². The summed E-state index contributed by atoms with van der Waals surface area (Å²) in [6.45, 7) is 13.9. The minimum atomic E-state index is -0.113. The van der Waals surface area contributed by atoms with Gasteiger partial charge in [-0.3, -0.25) is 19.2 Å². The topological polar surface area (TPSA) is 413 Å². The van der Waals surface area contributed by atoms with Crippen molar-refractivity contribution in [3.8, 4) is 51.5 Å². The highest BCUT2D eigenvalue weighted by molar-refractivity contribution is 5.99. The highest BCUT2D eigenvalue weighted by Gasteiger charge is 2.29. The second-order valence-electron chi connectivity index (χ2n) is 28.1. The second-order valence-corrected chi connectivity index (χ2v) is 28.1. The number of fused-ring (bicyclic) bond motifs is 8. The molecule has 1 aliphatic carbocycles. The Morgan fingerprint density at radius 3 is 1.26 bits per heavy atom. The van der Waals surface area contributed by atoms with Gasteiger partial charge >= 0.3 is 0 Å². The van der Waals surface area contributed by atoms with E-state index in [0.717, 1.165) is 107 Å². The number of aryl methyl sites for hydroxylation is 2. The Bertz CT molecular complexity index is 5910.